The van der Waals surface area contributed by atoms with E-state index < -0.39 is 0 Å². The Morgan fingerprint density at radius 1 is 1.45 bits per heavy atom. The molecule has 0 aliphatic carbocycles. The van der Waals surface area contributed by atoms with Gasteiger partial charge in [-0.15, -0.1) is 6.58 Å². The molecule has 0 saturated carbocycles. The Hall–Kier alpha value is -1.81. The second kappa shape index (κ2) is 7.99. The molecule has 2 atom stereocenters. The maximum Gasteiger partial charge on any atom is 0.223 e. The molecule has 0 spiro atoms. The van der Waals surface area contributed by atoms with Gasteiger partial charge in [0.1, 0.15) is 5.75 Å². The van der Waals surface area contributed by atoms with Crippen LogP contribution in [0.1, 0.15) is 37.8 Å². The van der Waals surface area contributed by atoms with Crippen molar-refractivity contribution in [1.29, 1.82) is 0 Å². The largest absolute Gasteiger partial charge is 0.497 e. The van der Waals surface area contributed by atoms with E-state index in [0.717, 1.165) is 37.2 Å². The summed E-state index contributed by atoms with van der Waals surface area (Å²) < 4.78 is 5.20. The molecule has 1 amide bonds. The minimum atomic E-state index is 0.102. The predicted octanol–water partition coefficient (Wildman–Crippen LogP) is 2.91. The molecule has 1 N–H and O–H groups in total. The fraction of sp³-hybridized carbons (Fsp3) is 0.500. The van der Waals surface area contributed by atoms with Crippen molar-refractivity contribution in [2.45, 2.75) is 38.3 Å². The molecule has 1 fully saturated rings. The van der Waals surface area contributed by atoms with Gasteiger partial charge in [-0.25, -0.2) is 0 Å². The summed E-state index contributed by atoms with van der Waals surface area (Å²) in [5.74, 6) is 1.10. The molecule has 0 aromatic heterocycles. The number of ether oxygens (including phenoxy) is 1. The zero-order valence-corrected chi connectivity index (χ0v) is 13.5. The van der Waals surface area contributed by atoms with Gasteiger partial charge < -0.3 is 15.0 Å². The van der Waals surface area contributed by atoms with E-state index in [-0.39, 0.29) is 11.9 Å². The molecule has 4 nitrogen and oxygen atoms in total. The smallest absolute Gasteiger partial charge is 0.223 e. The predicted molar refractivity (Wildman–Crippen MR) is 89.0 cm³/mol. The Labute approximate surface area is 133 Å². The number of nitrogens with one attached hydrogen (secondary N) is 1. The van der Waals surface area contributed by atoms with Crippen molar-refractivity contribution in [1.82, 2.24) is 10.2 Å². The Kier molecular flexibility index (Phi) is 6.01. The van der Waals surface area contributed by atoms with Crippen molar-refractivity contribution >= 4 is 5.91 Å². The molecule has 0 radical (unpaired) electrons. The maximum absolute atomic E-state index is 12.3. The van der Waals surface area contributed by atoms with Gasteiger partial charge in [0, 0.05) is 19.0 Å². The molecule has 0 unspecified atom stereocenters. The van der Waals surface area contributed by atoms with Crippen molar-refractivity contribution in [3.8, 4) is 5.75 Å². The van der Waals surface area contributed by atoms with Crippen LogP contribution < -0.4 is 10.1 Å². The molecule has 1 aromatic rings. The van der Waals surface area contributed by atoms with E-state index in [4.69, 9.17) is 4.74 Å². The molecule has 1 heterocycles. The Balaban J connectivity index is 2.02. The fourth-order valence-electron chi connectivity index (χ4n) is 3.09. The van der Waals surface area contributed by atoms with Gasteiger partial charge in [0.15, 0.2) is 0 Å². The lowest BCUT2D eigenvalue weighted by Crippen LogP contribution is -2.37. The number of amides is 1. The van der Waals surface area contributed by atoms with Gasteiger partial charge >= 0.3 is 0 Å². The minimum Gasteiger partial charge on any atom is -0.497 e. The van der Waals surface area contributed by atoms with Crippen molar-refractivity contribution in [2.24, 2.45) is 0 Å². The Morgan fingerprint density at radius 3 is 2.82 bits per heavy atom. The van der Waals surface area contributed by atoms with Crippen LogP contribution in [0.2, 0.25) is 0 Å². The van der Waals surface area contributed by atoms with Crippen LogP contribution in [0.25, 0.3) is 0 Å². The third-order valence-electron chi connectivity index (χ3n) is 4.33. The molecule has 4 heteroatoms. The molecule has 22 heavy (non-hydrogen) atoms. The minimum absolute atomic E-state index is 0.102. The van der Waals surface area contributed by atoms with Gasteiger partial charge in [-0.3, -0.25) is 4.79 Å². The third-order valence-corrected chi connectivity index (χ3v) is 4.33. The van der Waals surface area contributed by atoms with E-state index in [1.807, 2.05) is 30.3 Å². The van der Waals surface area contributed by atoms with Crippen molar-refractivity contribution in [3.05, 3.63) is 42.5 Å². The van der Waals surface area contributed by atoms with E-state index in [9.17, 15) is 4.79 Å². The highest BCUT2D eigenvalue weighted by Gasteiger charge is 2.34. The summed E-state index contributed by atoms with van der Waals surface area (Å²) in [4.78, 5) is 14.3. The fourth-order valence-corrected chi connectivity index (χ4v) is 3.09. The molecule has 1 saturated heterocycles. The van der Waals surface area contributed by atoms with E-state index in [1.165, 1.54) is 0 Å². The molecule has 1 aromatic carbocycles. The van der Waals surface area contributed by atoms with Crippen LogP contribution in [-0.4, -0.2) is 37.0 Å². The van der Waals surface area contributed by atoms with Crippen LogP contribution in [0.5, 0.6) is 5.75 Å². The van der Waals surface area contributed by atoms with Crippen LogP contribution in [0.15, 0.2) is 36.9 Å². The Morgan fingerprint density at radius 2 is 2.18 bits per heavy atom. The normalized spacial score (nSPS) is 19.3. The molecule has 1 aliphatic heterocycles. The monoisotopic (exact) mass is 302 g/mol. The van der Waals surface area contributed by atoms with Crippen LogP contribution >= 0.6 is 0 Å². The van der Waals surface area contributed by atoms with E-state index in [1.54, 1.807) is 7.11 Å². The van der Waals surface area contributed by atoms with Gasteiger partial charge in [0.2, 0.25) is 5.91 Å². The number of rotatable bonds is 8. The number of benzene rings is 1. The second-order valence-electron chi connectivity index (χ2n) is 5.72. The number of hydrogen-bond acceptors (Lipinski definition) is 3. The first-order chi connectivity index (χ1) is 10.7. The Bertz CT molecular complexity index is 498. The number of likely N-dealkylation sites (tertiary alicyclic amines) is 1. The van der Waals surface area contributed by atoms with Gasteiger partial charge in [-0.2, -0.15) is 0 Å². The summed E-state index contributed by atoms with van der Waals surface area (Å²) >= 11 is 0. The highest BCUT2D eigenvalue weighted by atomic mass is 16.5. The van der Waals surface area contributed by atoms with Crippen LogP contribution in [0, 0.1) is 0 Å². The maximum atomic E-state index is 12.3. The van der Waals surface area contributed by atoms with Gasteiger partial charge in [-0.05, 0) is 44.0 Å². The number of methoxy groups -OCH3 is 1. The zero-order valence-electron chi connectivity index (χ0n) is 13.5. The van der Waals surface area contributed by atoms with Crippen LogP contribution in [-0.2, 0) is 4.79 Å². The lowest BCUT2D eigenvalue weighted by molar-refractivity contribution is -0.131. The average Bonchev–Trinajstić information content (AvgIpc) is 2.92. The summed E-state index contributed by atoms with van der Waals surface area (Å²) in [6.45, 7) is 7.53. The highest BCUT2D eigenvalue weighted by Crippen LogP contribution is 2.32. The average molecular weight is 302 g/mol. The molecule has 120 valence electrons. The zero-order chi connectivity index (χ0) is 15.9. The summed E-state index contributed by atoms with van der Waals surface area (Å²) in [6.07, 6.45) is 4.46. The lowest BCUT2D eigenvalue weighted by atomic mass is 10.0. The molecular formula is C18H26N2O2. The number of hydrogen-bond donors (Lipinski definition) is 1. The second-order valence-corrected chi connectivity index (χ2v) is 5.72. The lowest BCUT2D eigenvalue weighted by Gasteiger charge is -2.31. The SMILES string of the molecule is C=CCNCC[C@@H]1CCC(=O)N1[C@H](C)c1ccc(OC)cc1. The summed E-state index contributed by atoms with van der Waals surface area (Å²) in [5, 5.41) is 3.32. The first kappa shape index (κ1) is 16.6. The number of nitrogens with zero attached hydrogens (tertiary/aromatic N) is 1. The van der Waals surface area contributed by atoms with Crippen molar-refractivity contribution in [2.75, 3.05) is 20.2 Å². The first-order valence-electron chi connectivity index (χ1n) is 7.94. The first-order valence-corrected chi connectivity index (χ1v) is 7.94. The topological polar surface area (TPSA) is 41.6 Å². The van der Waals surface area contributed by atoms with Gasteiger partial charge in [-0.1, -0.05) is 18.2 Å². The molecule has 1 aliphatic rings. The van der Waals surface area contributed by atoms with Crippen molar-refractivity contribution in [3.63, 3.8) is 0 Å². The molecule has 0 bridgehead atoms. The number of carbonyl (C=O) groups is 1. The van der Waals surface area contributed by atoms with E-state index >= 15 is 0 Å². The number of carbonyl (C=O) groups excluding carboxylic acids is 1. The standard InChI is InChI=1S/C18H26N2O2/c1-4-12-19-13-11-16-7-10-18(21)20(16)14(2)15-5-8-17(22-3)9-6-15/h4-6,8-9,14,16,19H,1,7,10-13H2,2-3H3/t14-,16+/m1/s1. The van der Waals surface area contributed by atoms with Crippen molar-refractivity contribution < 1.29 is 9.53 Å². The van der Waals surface area contributed by atoms with E-state index in [0.29, 0.717) is 12.5 Å². The molecule has 2 rings (SSSR count). The summed E-state index contributed by atoms with van der Waals surface area (Å²) in [6, 6.07) is 8.41. The van der Waals surface area contributed by atoms with E-state index in [2.05, 4.69) is 23.7 Å². The quantitative estimate of drug-likeness (QED) is 0.593. The highest BCUT2D eigenvalue weighted by molar-refractivity contribution is 5.79. The van der Waals surface area contributed by atoms with Crippen LogP contribution in [0.3, 0.4) is 0 Å². The van der Waals surface area contributed by atoms with Gasteiger partial charge in [0.05, 0.1) is 13.2 Å². The summed E-state index contributed by atoms with van der Waals surface area (Å²) in [5.41, 5.74) is 1.15. The third kappa shape index (κ3) is 3.89. The van der Waals surface area contributed by atoms with Crippen LogP contribution in [0.4, 0.5) is 0 Å². The summed E-state index contributed by atoms with van der Waals surface area (Å²) in [7, 11) is 1.66. The van der Waals surface area contributed by atoms with Gasteiger partial charge in [0.25, 0.3) is 0 Å². The molecular weight excluding hydrogens is 276 g/mol.